The van der Waals surface area contributed by atoms with Gasteiger partial charge in [-0.25, -0.2) is 10.1 Å². The van der Waals surface area contributed by atoms with Crippen LogP contribution in [0, 0.1) is 0 Å². The maximum atomic E-state index is 13.2. The number of alkyl halides is 2. The van der Waals surface area contributed by atoms with E-state index in [1.807, 2.05) is 20.8 Å². The Labute approximate surface area is 126 Å². The summed E-state index contributed by atoms with van der Waals surface area (Å²) in [6.45, 7) is 5.83. The molecule has 0 aliphatic heterocycles. The third-order valence-electron chi connectivity index (χ3n) is 2.82. The molecule has 0 saturated heterocycles. The average Bonchev–Trinajstić information content (AvgIpc) is 2.37. The van der Waals surface area contributed by atoms with Crippen LogP contribution in [0.2, 0.25) is 0 Å². The van der Waals surface area contributed by atoms with Crippen molar-refractivity contribution in [3.8, 4) is 0 Å². The van der Waals surface area contributed by atoms with E-state index in [0.29, 0.717) is 25.7 Å². The summed E-state index contributed by atoms with van der Waals surface area (Å²) < 4.78 is 40.5. The van der Waals surface area contributed by atoms with Gasteiger partial charge < -0.3 is 9.47 Å². The van der Waals surface area contributed by atoms with Crippen LogP contribution in [0.25, 0.3) is 0 Å². The van der Waals surface area contributed by atoms with Crippen LogP contribution in [0.4, 0.5) is 8.78 Å². The van der Waals surface area contributed by atoms with Crippen LogP contribution in [0.15, 0.2) is 0 Å². The number of hydrogen-bond donors (Lipinski definition) is 1. The van der Waals surface area contributed by atoms with Gasteiger partial charge in [0, 0.05) is 0 Å². The molecule has 0 spiro atoms. The number of halogens is 2. The molecular weight excluding hydrogens is 310 g/mol. The van der Waals surface area contributed by atoms with Gasteiger partial charge in [-0.1, -0.05) is 5.04 Å². The summed E-state index contributed by atoms with van der Waals surface area (Å²) in [6.07, 6.45) is 1.68. The standard InChI is InChI=1S/C12H20F2O6S/c1-11(2,3)18-9-6-4-8(5-7-9)17-10(15)12(13,14)21-20-19-16/h8-9,16H,4-7H2,1-3H3. The predicted molar refractivity (Wildman–Crippen MR) is 70.3 cm³/mol. The van der Waals surface area contributed by atoms with Crippen molar-refractivity contribution in [3.05, 3.63) is 0 Å². The lowest BCUT2D eigenvalue weighted by molar-refractivity contribution is -0.433. The van der Waals surface area contributed by atoms with E-state index in [4.69, 9.17) is 14.7 Å². The summed E-state index contributed by atoms with van der Waals surface area (Å²) in [5.41, 5.74) is -0.264. The van der Waals surface area contributed by atoms with E-state index in [1.165, 1.54) is 0 Å². The monoisotopic (exact) mass is 330 g/mol. The fourth-order valence-electron chi connectivity index (χ4n) is 2.08. The van der Waals surface area contributed by atoms with Gasteiger partial charge in [0.25, 0.3) is 0 Å². The summed E-state index contributed by atoms with van der Waals surface area (Å²) in [5.74, 6) is -1.72. The van der Waals surface area contributed by atoms with Crippen LogP contribution >= 0.6 is 12.0 Å². The molecule has 0 amide bonds. The molecule has 0 aromatic heterocycles. The molecule has 124 valence electrons. The Balaban J connectivity index is 2.36. The zero-order valence-electron chi connectivity index (χ0n) is 12.1. The highest BCUT2D eigenvalue weighted by atomic mass is 32.2. The predicted octanol–water partition coefficient (Wildman–Crippen LogP) is 3.32. The quantitative estimate of drug-likeness (QED) is 0.346. The Kier molecular flexibility index (Phi) is 6.79. The number of rotatable bonds is 6. The molecule has 1 saturated carbocycles. The van der Waals surface area contributed by atoms with E-state index >= 15 is 0 Å². The second kappa shape index (κ2) is 7.68. The summed E-state index contributed by atoms with van der Waals surface area (Å²) in [6, 6.07) is 0. The van der Waals surface area contributed by atoms with Crippen molar-refractivity contribution in [1.29, 1.82) is 0 Å². The SMILES string of the molecule is CC(C)(C)OC1CCC(OC(=O)C(F)(F)SOOO)CC1. The molecule has 0 aromatic carbocycles. The minimum absolute atomic E-state index is 0.0426. The van der Waals surface area contributed by atoms with Gasteiger partial charge in [0.1, 0.15) is 18.1 Å². The van der Waals surface area contributed by atoms with Crippen molar-refractivity contribution in [2.45, 2.75) is 69.5 Å². The lowest BCUT2D eigenvalue weighted by atomic mass is 9.94. The number of carbonyl (C=O) groups is 1. The number of hydrogen-bond acceptors (Lipinski definition) is 7. The Hall–Kier alpha value is -0.480. The third kappa shape index (κ3) is 6.88. The maximum absolute atomic E-state index is 13.2. The topological polar surface area (TPSA) is 74.2 Å². The van der Waals surface area contributed by atoms with E-state index in [0.717, 1.165) is 0 Å². The van der Waals surface area contributed by atoms with Gasteiger partial charge in [-0.15, -0.1) is 4.33 Å². The molecular formula is C12H20F2O6S. The van der Waals surface area contributed by atoms with Gasteiger partial charge in [0.05, 0.1) is 11.7 Å². The van der Waals surface area contributed by atoms with Crippen LogP contribution < -0.4 is 0 Å². The van der Waals surface area contributed by atoms with E-state index in [9.17, 15) is 13.6 Å². The first-order valence-electron chi connectivity index (χ1n) is 6.56. The fourth-order valence-corrected chi connectivity index (χ4v) is 2.31. The molecule has 0 aromatic rings. The van der Waals surface area contributed by atoms with Crippen molar-refractivity contribution in [2.75, 3.05) is 0 Å². The molecule has 9 heteroatoms. The molecule has 0 heterocycles. The first kappa shape index (κ1) is 18.6. The number of carbonyl (C=O) groups excluding carboxylic acids is 1. The molecule has 1 N–H and O–H groups in total. The largest absolute Gasteiger partial charge is 0.457 e. The highest BCUT2D eigenvalue weighted by molar-refractivity contribution is 7.96. The van der Waals surface area contributed by atoms with E-state index < -0.39 is 29.4 Å². The average molecular weight is 330 g/mol. The minimum Gasteiger partial charge on any atom is -0.457 e. The second-order valence-electron chi connectivity index (χ2n) is 5.78. The lowest BCUT2D eigenvalue weighted by Gasteiger charge is -2.33. The zero-order chi connectivity index (χ0) is 16.1. The molecule has 1 rings (SSSR count). The summed E-state index contributed by atoms with van der Waals surface area (Å²) in [4.78, 5) is 11.3. The maximum Gasteiger partial charge on any atom is 0.415 e. The van der Waals surface area contributed by atoms with E-state index in [2.05, 4.69) is 9.37 Å². The molecule has 0 unspecified atom stereocenters. The molecule has 0 radical (unpaired) electrons. The fraction of sp³-hybridized carbons (Fsp3) is 0.917. The van der Waals surface area contributed by atoms with Crippen molar-refractivity contribution in [3.63, 3.8) is 0 Å². The Morgan fingerprint density at radius 3 is 2.14 bits per heavy atom. The summed E-state index contributed by atoms with van der Waals surface area (Å²) in [5, 5.41) is 6.91. The normalized spacial score (nSPS) is 23.9. The first-order chi connectivity index (χ1) is 9.64. The van der Waals surface area contributed by atoms with Gasteiger partial charge in [0.2, 0.25) is 0 Å². The van der Waals surface area contributed by atoms with Crippen molar-refractivity contribution in [1.82, 2.24) is 0 Å². The number of esters is 1. The Morgan fingerprint density at radius 2 is 1.67 bits per heavy atom. The lowest BCUT2D eigenvalue weighted by Crippen LogP contribution is -2.36. The van der Waals surface area contributed by atoms with Gasteiger partial charge in [-0.05, 0) is 46.5 Å². The zero-order valence-corrected chi connectivity index (χ0v) is 13.0. The van der Waals surface area contributed by atoms with Gasteiger partial charge in [0.15, 0.2) is 0 Å². The van der Waals surface area contributed by atoms with Crippen molar-refractivity contribution < 1.29 is 37.7 Å². The third-order valence-corrected chi connectivity index (χ3v) is 3.33. The molecule has 1 fully saturated rings. The molecule has 0 atom stereocenters. The molecule has 0 bridgehead atoms. The van der Waals surface area contributed by atoms with Crippen molar-refractivity contribution >= 4 is 18.0 Å². The molecule has 1 aliphatic carbocycles. The van der Waals surface area contributed by atoms with Crippen LogP contribution in [-0.2, 0) is 23.6 Å². The summed E-state index contributed by atoms with van der Waals surface area (Å²) >= 11 is -0.621. The van der Waals surface area contributed by atoms with Crippen molar-refractivity contribution in [2.24, 2.45) is 0 Å². The van der Waals surface area contributed by atoms with Gasteiger partial charge in [-0.3, -0.25) is 0 Å². The molecule has 21 heavy (non-hydrogen) atoms. The van der Waals surface area contributed by atoms with Gasteiger partial charge in [-0.2, -0.15) is 8.78 Å². The van der Waals surface area contributed by atoms with Crippen LogP contribution in [0.5, 0.6) is 0 Å². The minimum atomic E-state index is -3.94. The first-order valence-corrected chi connectivity index (χ1v) is 7.31. The van der Waals surface area contributed by atoms with Crippen LogP contribution in [0.1, 0.15) is 46.5 Å². The smallest absolute Gasteiger partial charge is 0.415 e. The van der Waals surface area contributed by atoms with Crippen LogP contribution in [0.3, 0.4) is 0 Å². The van der Waals surface area contributed by atoms with E-state index in [-0.39, 0.29) is 11.7 Å². The Morgan fingerprint density at radius 1 is 1.14 bits per heavy atom. The van der Waals surface area contributed by atoms with E-state index in [1.54, 1.807) is 0 Å². The van der Waals surface area contributed by atoms with Gasteiger partial charge >= 0.3 is 11.2 Å². The molecule has 1 aliphatic rings. The second-order valence-corrected chi connectivity index (χ2v) is 6.59. The Bertz CT molecular complexity index is 339. The number of ether oxygens (including phenoxy) is 2. The highest BCUT2D eigenvalue weighted by Gasteiger charge is 2.45. The summed E-state index contributed by atoms with van der Waals surface area (Å²) in [7, 11) is 0. The molecule has 6 nitrogen and oxygen atoms in total. The van der Waals surface area contributed by atoms with Crippen LogP contribution in [-0.4, -0.2) is 34.3 Å². The highest BCUT2D eigenvalue weighted by Crippen LogP contribution is 2.33.